The van der Waals surface area contributed by atoms with Crippen LogP contribution >= 0.6 is 0 Å². The van der Waals surface area contributed by atoms with Gasteiger partial charge in [-0.3, -0.25) is 14.7 Å². The molecule has 0 aliphatic carbocycles. The van der Waals surface area contributed by atoms with Gasteiger partial charge in [-0.1, -0.05) is 0 Å². The summed E-state index contributed by atoms with van der Waals surface area (Å²) in [6.07, 6.45) is 4.53. The molecule has 2 saturated heterocycles. The molecule has 1 atom stereocenters. The zero-order valence-corrected chi connectivity index (χ0v) is 16.5. The zero-order chi connectivity index (χ0) is 21.5. The molecule has 162 valence electrons. The zero-order valence-electron chi connectivity index (χ0n) is 16.5. The number of nitrogen functional groups attached to an aromatic ring is 1. The van der Waals surface area contributed by atoms with Crippen molar-refractivity contribution in [2.75, 3.05) is 55.3 Å². The summed E-state index contributed by atoms with van der Waals surface area (Å²) < 4.78 is 34.9. The lowest BCUT2D eigenvalue weighted by atomic mass is 10.1. The van der Waals surface area contributed by atoms with Crippen molar-refractivity contribution in [2.45, 2.75) is 6.04 Å². The van der Waals surface area contributed by atoms with Gasteiger partial charge in [-0.25, -0.2) is 18.3 Å². The number of aromatic nitrogens is 4. The molecule has 2 aliphatic rings. The molecular formula is C19H20F2N8O2. The van der Waals surface area contributed by atoms with Crippen molar-refractivity contribution in [3.05, 3.63) is 42.0 Å². The molecule has 5 rings (SSSR count). The van der Waals surface area contributed by atoms with E-state index >= 15 is 0 Å². The van der Waals surface area contributed by atoms with Crippen LogP contribution in [0.4, 0.5) is 26.0 Å². The van der Waals surface area contributed by atoms with Gasteiger partial charge in [-0.2, -0.15) is 0 Å². The standard InChI is InChI=1S/C19H20F2N8O2/c20-11-5-24-18-15(17(22)26-29(18)8-11)19(30)25-14-7-23-6-13(21)16(14)28-2-1-27-3-4-31-10-12(27)9-28/h5-8,12H,1-4,9-10H2,(H2,22,26)(H,25,30)/t12-/m1/s1. The lowest BCUT2D eigenvalue weighted by Gasteiger charge is -2.44. The average molecular weight is 430 g/mol. The van der Waals surface area contributed by atoms with Crippen LogP contribution in [0.2, 0.25) is 0 Å². The van der Waals surface area contributed by atoms with Crippen LogP contribution in [0.25, 0.3) is 5.65 Å². The molecule has 5 heterocycles. The second-order valence-corrected chi connectivity index (χ2v) is 7.48. The van der Waals surface area contributed by atoms with Crippen molar-refractivity contribution in [2.24, 2.45) is 0 Å². The summed E-state index contributed by atoms with van der Waals surface area (Å²) in [5.41, 5.74) is 6.39. The first-order valence-electron chi connectivity index (χ1n) is 9.82. The van der Waals surface area contributed by atoms with Gasteiger partial charge in [0.25, 0.3) is 5.91 Å². The Balaban J connectivity index is 1.45. The van der Waals surface area contributed by atoms with E-state index in [0.29, 0.717) is 26.3 Å². The highest BCUT2D eigenvalue weighted by Gasteiger charge is 2.32. The fraction of sp³-hybridized carbons (Fsp3) is 0.368. The number of anilines is 3. The number of nitrogens with two attached hydrogens (primary N) is 1. The normalized spacial score (nSPS) is 19.4. The van der Waals surface area contributed by atoms with Crippen LogP contribution in [0.1, 0.15) is 10.4 Å². The van der Waals surface area contributed by atoms with Gasteiger partial charge in [0, 0.05) is 26.2 Å². The molecule has 3 aromatic heterocycles. The van der Waals surface area contributed by atoms with E-state index in [-0.39, 0.29) is 34.4 Å². The van der Waals surface area contributed by atoms with Gasteiger partial charge in [-0.05, 0) is 0 Å². The Morgan fingerprint density at radius 3 is 2.97 bits per heavy atom. The molecule has 0 saturated carbocycles. The topological polar surface area (TPSA) is 114 Å². The number of hydrogen-bond donors (Lipinski definition) is 2. The molecule has 0 radical (unpaired) electrons. The molecule has 3 N–H and O–H groups in total. The third-order valence-electron chi connectivity index (χ3n) is 5.57. The summed E-state index contributed by atoms with van der Waals surface area (Å²) in [6, 6.07) is 0.146. The number of hydrogen-bond acceptors (Lipinski definition) is 8. The quantitative estimate of drug-likeness (QED) is 0.626. The van der Waals surface area contributed by atoms with Crippen LogP contribution in [0, 0.1) is 11.6 Å². The molecule has 10 nitrogen and oxygen atoms in total. The first kappa shape index (κ1) is 19.6. The highest BCUT2D eigenvalue weighted by atomic mass is 19.1. The first-order chi connectivity index (χ1) is 15.0. The Bertz CT molecular complexity index is 1150. The van der Waals surface area contributed by atoms with Crippen LogP contribution < -0.4 is 16.0 Å². The summed E-state index contributed by atoms with van der Waals surface area (Å²) in [4.78, 5) is 25.0. The average Bonchev–Trinajstić information content (AvgIpc) is 3.08. The van der Waals surface area contributed by atoms with E-state index in [1.165, 1.54) is 6.20 Å². The number of piperazine rings is 1. The predicted octanol–water partition coefficient (Wildman–Crippen LogP) is 0.758. The van der Waals surface area contributed by atoms with Gasteiger partial charge in [0.2, 0.25) is 0 Å². The minimum absolute atomic E-state index is 0.0271. The third-order valence-corrected chi connectivity index (χ3v) is 5.57. The van der Waals surface area contributed by atoms with E-state index in [0.717, 1.165) is 36.2 Å². The van der Waals surface area contributed by atoms with Crippen LogP contribution in [0.3, 0.4) is 0 Å². The maximum absolute atomic E-state index is 14.8. The number of pyridine rings is 1. The molecule has 1 amide bonds. The Kier molecular flexibility index (Phi) is 4.87. The molecule has 0 spiro atoms. The minimum atomic E-state index is -0.639. The molecule has 0 unspecified atom stereocenters. The summed E-state index contributed by atoms with van der Waals surface area (Å²) in [5, 5.41) is 6.60. The first-order valence-corrected chi connectivity index (χ1v) is 9.82. The highest BCUT2D eigenvalue weighted by molar-refractivity contribution is 6.12. The molecular weight excluding hydrogens is 410 g/mol. The van der Waals surface area contributed by atoms with Crippen LogP contribution in [0.15, 0.2) is 24.8 Å². The van der Waals surface area contributed by atoms with Crippen molar-refractivity contribution in [3.8, 4) is 0 Å². The number of nitrogens with zero attached hydrogens (tertiary/aromatic N) is 6. The molecule has 0 bridgehead atoms. The second kappa shape index (κ2) is 7.71. The number of rotatable bonds is 3. The van der Waals surface area contributed by atoms with E-state index in [2.05, 4.69) is 25.3 Å². The maximum atomic E-state index is 14.8. The largest absolute Gasteiger partial charge is 0.381 e. The molecule has 31 heavy (non-hydrogen) atoms. The Morgan fingerprint density at radius 1 is 1.23 bits per heavy atom. The molecule has 3 aromatic rings. The highest BCUT2D eigenvalue weighted by Crippen LogP contribution is 2.31. The van der Waals surface area contributed by atoms with Crippen LogP contribution in [-0.4, -0.2) is 75.8 Å². The van der Waals surface area contributed by atoms with Crippen molar-refractivity contribution in [1.29, 1.82) is 0 Å². The Morgan fingerprint density at radius 2 is 2.10 bits per heavy atom. The summed E-state index contributed by atoms with van der Waals surface area (Å²) in [6.45, 7) is 4.04. The maximum Gasteiger partial charge on any atom is 0.263 e. The molecule has 2 fully saturated rings. The number of fused-ring (bicyclic) bond motifs is 2. The van der Waals surface area contributed by atoms with E-state index in [1.807, 2.05) is 4.90 Å². The van der Waals surface area contributed by atoms with Crippen molar-refractivity contribution >= 4 is 28.7 Å². The van der Waals surface area contributed by atoms with Crippen LogP contribution in [0.5, 0.6) is 0 Å². The van der Waals surface area contributed by atoms with Crippen LogP contribution in [-0.2, 0) is 4.74 Å². The van der Waals surface area contributed by atoms with Gasteiger partial charge >= 0.3 is 0 Å². The van der Waals surface area contributed by atoms with E-state index < -0.39 is 17.5 Å². The van der Waals surface area contributed by atoms with Gasteiger partial charge in [0.1, 0.15) is 11.3 Å². The van der Waals surface area contributed by atoms with Crippen molar-refractivity contribution in [1.82, 2.24) is 24.5 Å². The SMILES string of the molecule is Nc1nn2cc(F)cnc2c1C(=O)Nc1cncc(F)c1N1CCN2CCOC[C@H]2C1. The summed E-state index contributed by atoms with van der Waals surface area (Å²) in [5.74, 6) is -1.92. The fourth-order valence-electron chi connectivity index (χ4n) is 4.12. The number of halogens is 2. The smallest absolute Gasteiger partial charge is 0.263 e. The minimum Gasteiger partial charge on any atom is -0.381 e. The van der Waals surface area contributed by atoms with Gasteiger partial charge in [0.15, 0.2) is 23.1 Å². The fourth-order valence-corrected chi connectivity index (χ4v) is 4.12. The monoisotopic (exact) mass is 430 g/mol. The lowest BCUT2D eigenvalue weighted by Crippen LogP contribution is -2.58. The van der Waals surface area contributed by atoms with Crippen molar-refractivity contribution in [3.63, 3.8) is 0 Å². The van der Waals surface area contributed by atoms with E-state index in [1.54, 1.807) is 0 Å². The summed E-state index contributed by atoms with van der Waals surface area (Å²) >= 11 is 0. The number of carbonyl (C=O) groups is 1. The number of nitrogens with one attached hydrogen (secondary N) is 1. The number of morpholine rings is 1. The third kappa shape index (κ3) is 3.53. The molecule has 2 aliphatic heterocycles. The Labute approximate surface area is 175 Å². The summed E-state index contributed by atoms with van der Waals surface area (Å²) in [7, 11) is 0. The van der Waals surface area contributed by atoms with Gasteiger partial charge in [0.05, 0.1) is 49.7 Å². The number of carbonyl (C=O) groups excluding carboxylic acids is 1. The van der Waals surface area contributed by atoms with Gasteiger partial charge in [-0.15, -0.1) is 5.10 Å². The second-order valence-electron chi connectivity index (χ2n) is 7.48. The number of ether oxygens (including phenoxy) is 1. The number of amides is 1. The van der Waals surface area contributed by atoms with E-state index in [9.17, 15) is 13.6 Å². The predicted molar refractivity (Wildman–Crippen MR) is 108 cm³/mol. The Hall–Kier alpha value is -3.38. The van der Waals surface area contributed by atoms with Gasteiger partial charge < -0.3 is 20.7 Å². The lowest BCUT2D eigenvalue weighted by molar-refractivity contribution is -0.0117. The van der Waals surface area contributed by atoms with Crippen molar-refractivity contribution < 1.29 is 18.3 Å². The molecule has 12 heteroatoms. The van der Waals surface area contributed by atoms with E-state index in [4.69, 9.17) is 10.5 Å². The molecule has 0 aromatic carbocycles.